The molecule has 4 nitrogen and oxygen atoms in total. The predicted molar refractivity (Wildman–Crippen MR) is 79.3 cm³/mol. The minimum Gasteiger partial charge on any atom is -0.207 e. The lowest BCUT2D eigenvalue weighted by Gasteiger charge is -2.02. The molecule has 4 aromatic rings. The van der Waals surface area contributed by atoms with Crippen LogP contribution < -0.4 is 0 Å². The van der Waals surface area contributed by atoms with E-state index in [0.29, 0.717) is 11.6 Å². The topological polar surface area (TPSA) is 43.1 Å². The summed E-state index contributed by atoms with van der Waals surface area (Å²) in [6.07, 6.45) is 0. The highest BCUT2D eigenvalue weighted by molar-refractivity contribution is 7.19. The van der Waals surface area contributed by atoms with Gasteiger partial charge < -0.3 is 0 Å². The molecule has 0 unspecified atom stereocenters. The van der Waals surface area contributed by atoms with E-state index in [-0.39, 0.29) is 15.8 Å². The van der Waals surface area contributed by atoms with E-state index in [4.69, 9.17) is 0 Å². The number of aromatic nitrogens is 4. The summed E-state index contributed by atoms with van der Waals surface area (Å²) in [6, 6.07) is 5.99. The first-order chi connectivity index (χ1) is 12.0. The Kier molecular flexibility index (Phi) is 3.49. The zero-order valence-electron chi connectivity index (χ0n) is 12.0. The van der Waals surface area contributed by atoms with E-state index >= 15 is 0 Å². The molecular formula is C15H5F5N4S. The molecule has 0 aliphatic rings. The maximum absolute atomic E-state index is 13.9. The maximum Gasteiger partial charge on any atom is 0.235 e. The lowest BCUT2D eigenvalue weighted by molar-refractivity contribution is 0.410. The van der Waals surface area contributed by atoms with E-state index in [1.165, 1.54) is 22.7 Å². The van der Waals surface area contributed by atoms with Crippen LogP contribution in [0.4, 0.5) is 22.0 Å². The van der Waals surface area contributed by atoms with Gasteiger partial charge >= 0.3 is 0 Å². The highest BCUT2D eigenvalue weighted by atomic mass is 32.1. The van der Waals surface area contributed by atoms with Crippen LogP contribution >= 0.6 is 11.3 Å². The van der Waals surface area contributed by atoms with Gasteiger partial charge in [0.15, 0.2) is 34.1 Å². The minimum atomic E-state index is -1.92. The van der Waals surface area contributed by atoms with Crippen LogP contribution in [0.1, 0.15) is 0 Å². The minimum absolute atomic E-state index is 0.127. The largest absolute Gasteiger partial charge is 0.235 e. The van der Waals surface area contributed by atoms with E-state index in [9.17, 15) is 22.0 Å². The molecule has 126 valence electrons. The summed E-state index contributed by atoms with van der Waals surface area (Å²) in [7, 11) is 0. The Morgan fingerprint density at radius 3 is 2.44 bits per heavy atom. The molecule has 0 amide bonds. The second-order valence-corrected chi connectivity index (χ2v) is 5.94. The van der Waals surface area contributed by atoms with Crippen molar-refractivity contribution in [1.29, 1.82) is 0 Å². The van der Waals surface area contributed by atoms with Crippen LogP contribution in [0.5, 0.6) is 0 Å². The molecule has 2 aromatic carbocycles. The lowest BCUT2D eigenvalue weighted by atomic mass is 10.2. The van der Waals surface area contributed by atoms with Crippen molar-refractivity contribution in [2.45, 2.75) is 0 Å². The lowest BCUT2D eigenvalue weighted by Crippen LogP contribution is -1.99. The molecule has 0 spiro atoms. The van der Waals surface area contributed by atoms with Crippen molar-refractivity contribution in [3.05, 3.63) is 59.4 Å². The first kappa shape index (κ1) is 15.6. The zero-order chi connectivity index (χ0) is 17.7. The second kappa shape index (κ2) is 5.59. The Bertz CT molecular complexity index is 1120. The average Bonchev–Trinajstić information content (AvgIpc) is 3.16. The van der Waals surface area contributed by atoms with E-state index in [1.807, 2.05) is 0 Å². The van der Waals surface area contributed by atoms with Gasteiger partial charge in [0.2, 0.25) is 4.96 Å². The van der Waals surface area contributed by atoms with Gasteiger partial charge in [0.1, 0.15) is 5.82 Å². The van der Waals surface area contributed by atoms with Crippen molar-refractivity contribution in [3.8, 4) is 22.0 Å². The van der Waals surface area contributed by atoms with Crippen LogP contribution in [-0.4, -0.2) is 19.8 Å². The number of nitrogens with zero attached hydrogens (tertiary/aromatic N) is 4. The highest BCUT2D eigenvalue weighted by Crippen LogP contribution is 2.32. The van der Waals surface area contributed by atoms with Crippen molar-refractivity contribution in [2.24, 2.45) is 0 Å². The summed E-state index contributed by atoms with van der Waals surface area (Å²) in [4.78, 5) is 0.193. The van der Waals surface area contributed by atoms with E-state index in [0.717, 1.165) is 11.3 Å². The van der Waals surface area contributed by atoms with Gasteiger partial charge in [-0.05, 0) is 18.2 Å². The number of halogens is 5. The molecule has 0 bridgehead atoms. The van der Waals surface area contributed by atoms with Crippen LogP contribution in [-0.2, 0) is 0 Å². The molecule has 4 rings (SSSR count). The maximum atomic E-state index is 13.9. The Morgan fingerprint density at radius 2 is 1.68 bits per heavy atom. The standard InChI is InChI=1S/C15H5F5N4S/c16-7-3-1-2-6(4-7)13-21-22-15-24(13)23-14(25-15)8-5-9(17)11(19)12(20)10(8)18/h1-5H. The van der Waals surface area contributed by atoms with Gasteiger partial charge in [0, 0.05) is 5.56 Å². The third-order valence-electron chi connectivity index (χ3n) is 3.41. The predicted octanol–water partition coefficient (Wildman–Crippen LogP) is 4.22. The SMILES string of the molecule is Fc1cccc(-c2nnc3sc(-c4cc(F)c(F)c(F)c4F)nn23)c1. The fraction of sp³-hybridized carbons (Fsp3) is 0. The molecule has 0 atom stereocenters. The molecule has 0 aliphatic carbocycles. The van der Waals surface area contributed by atoms with E-state index in [1.54, 1.807) is 6.07 Å². The van der Waals surface area contributed by atoms with Gasteiger partial charge in [0.05, 0.1) is 5.56 Å². The van der Waals surface area contributed by atoms with E-state index < -0.39 is 34.6 Å². The molecule has 25 heavy (non-hydrogen) atoms. The van der Waals surface area contributed by atoms with Crippen LogP contribution in [0.3, 0.4) is 0 Å². The van der Waals surface area contributed by atoms with Crippen LogP contribution in [0, 0.1) is 29.1 Å². The fourth-order valence-electron chi connectivity index (χ4n) is 2.26. The van der Waals surface area contributed by atoms with Crippen LogP contribution in [0.15, 0.2) is 30.3 Å². The van der Waals surface area contributed by atoms with Gasteiger partial charge in [-0.1, -0.05) is 23.5 Å². The zero-order valence-corrected chi connectivity index (χ0v) is 12.8. The Hall–Kier alpha value is -2.88. The van der Waals surface area contributed by atoms with Gasteiger partial charge in [-0.15, -0.1) is 10.2 Å². The number of hydrogen-bond donors (Lipinski definition) is 0. The smallest absolute Gasteiger partial charge is 0.207 e. The highest BCUT2D eigenvalue weighted by Gasteiger charge is 2.23. The average molecular weight is 368 g/mol. The van der Waals surface area contributed by atoms with Crippen molar-refractivity contribution >= 4 is 16.3 Å². The summed E-state index contributed by atoms with van der Waals surface area (Å²) >= 11 is 0.796. The molecule has 0 fully saturated rings. The van der Waals surface area contributed by atoms with Crippen molar-refractivity contribution < 1.29 is 22.0 Å². The number of hydrogen-bond acceptors (Lipinski definition) is 4. The Labute approximate surface area is 140 Å². The van der Waals surface area contributed by atoms with Crippen LogP contribution in [0.2, 0.25) is 0 Å². The van der Waals surface area contributed by atoms with Crippen molar-refractivity contribution in [2.75, 3.05) is 0 Å². The first-order valence-corrected chi connectivity index (χ1v) is 7.59. The molecule has 2 aromatic heterocycles. The van der Waals surface area contributed by atoms with Crippen LogP contribution in [0.25, 0.3) is 26.9 Å². The number of fused-ring (bicyclic) bond motifs is 1. The Morgan fingerprint density at radius 1 is 0.880 bits per heavy atom. The molecule has 0 N–H and O–H groups in total. The molecule has 2 heterocycles. The summed E-state index contributed by atoms with van der Waals surface area (Å²) in [5.74, 6) is -7.25. The summed E-state index contributed by atoms with van der Waals surface area (Å²) in [5.41, 5.74) is -0.182. The Balaban J connectivity index is 1.89. The second-order valence-electron chi connectivity index (χ2n) is 4.98. The summed E-state index contributed by atoms with van der Waals surface area (Å²) in [6.45, 7) is 0. The van der Waals surface area contributed by atoms with Gasteiger partial charge in [-0.25, -0.2) is 22.0 Å². The third kappa shape index (κ3) is 2.45. The van der Waals surface area contributed by atoms with Crippen molar-refractivity contribution in [3.63, 3.8) is 0 Å². The summed E-state index contributed by atoms with van der Waals surface area (Å²) in [5, 5.41) is 11.6. The normalized spacial score (nSPS) is 11.4. The molecule has 0 saturated carbocycles. The fourth-order valence-corrected chi connectivity index (χ4v) is 3.11. The van der Waals surface area contributed by atoms with Gasteiger partial charge in [0.25, 0.3) is 0 Å². The summed E-state index contributed by atoms with van der Waals surface area (Å²) < 4.78 is 68.4. The quantitative estimate of drug-likeness (QED) is 0.302. The van der Waals surface area contributed by atoms with E-state index in [2.05, 4.69) is 15.3 Å². The molecule has 0 saturated heterocycles. The number of benzene rings is 2. The monoisotopic (exact) mass is 368 g/mol. The number of rotatable bonds is 2. The molecule has 0 aliphatic heterocycles. The first-order valence-electron chi connectivity index (χ1n) is 6.77. The molecule has 0 radical (unpaired) electrons. The molecule has 10 heteroatoms. The third-order valence-corrected chi connectivity index (χ3v) is 4.34. The van der Waals surface area contributed by atoms with Gasteiger partial charge in [-0.3, -0.25) is 0 Å². The molecular weight excluding hydrogens is 363 g/mol. The van der Waals surface area contributed by atoms with Gasteiger partial charge in [-0.2, -0.15) is 9.61 Å². The van der Waals surface area contributed by atoms with Crippen molar-refractivity contribution in [1.82, 2.24) is 19.8 Å².